The third-order valence-electron chi connectivity index (χ3n) is 11.5. The fourth-order valence-corrected chi connectivity index (χ4v) is 7.45. The zero-order valence-corrected chi connectivity index (χ0v) is 41.3. The Morgan fingerprint density at radius 2 is 0.714 bits per heavy atom. The Morgan fingerprint density at radius 1 is 0.397 bits per heavy atom. The van der Waals surface area contributed by atoms with Gasteiger partial charge in [-0.15, -0.1) is 0 Å². The summed E-state index contributed by atoms with van der Waals surface area (Å²) in [4.78, 5) is 12.4. The van der Waals surface area contributed by atoms with Crippen LogP contribution < -0.4 is 5.32 Å². The van der Waals surface area contributed by atoms with Gasteiger partial charge in [-0.3, -0.25) is 4.79 Å². The number of rotatable bonds is 47. The van der Waals surface area contributed by atoms with Gasteiger partial charge in [-0.25, -0.2) is 0 Å². The van der Waals surface area contributed by atoms with E-state index in [9.17, 15) is 15.0 Å². The van der Waals surface area contributed by atoms with Crippen molar-refractivity contribution < 1.29 is 15.0 Å². The van der Waals surface area contributed by atoms with Crippen LogP contribution in [0.3, 0.4) is 0 Å². The molecular formula is C59H101NO3. The molecule has 3 N–H and O–H groups in total. The standard InChI is InChI=1S/C59H101NO3/c1-3-5-7-9-11-13-15-17-19-21-22-23-24-25-26-27-28-29-30-31-32-33-34-35-36-37-38-39-41-43-45-47-49-51-53-55-59(63)60-57(56-61)58(62)54-52-50-48-46-44-42-40-20-18-16-14-12-10-8-6-4-2/h5,7,11,13,17-20,22-23,25-26,28-29,44,46,52,54,57-58,61-62H,3-4,6,8-10,12,14-16,21,24,27,30-43,45,47-51,53,55-56H2,1-2H3,(H,60,63)/b7-5-,13-11-,19-17-,20-18+,23-22-,26-25-,29-28-,46-44+,54-52+. The third-order valence-corrected chi connectivity index (χ3v) is 11.5. The number of hydrogen-bond acceptors (Lipinski definition) is 3. The summed E-state index contributed by atoms with van der Waals surface area (Å²) >= 11 is 0. The Kier molecular flexibility index (Phi) is 50.9. The number of allylic oxidation sites excluding steroid dienone is 17. The predicted octanol–water partition coefficient (Wildman–Crippen LogP) is 17.5. The maximum absolute atomic E-state index is 12.4. The van der Waals surface area contributed by atoms with E-state index in [2.05, 4.69) is 116 Å². The fourth-order valence-electron chi connectivity index (χ4n) is 7.45. The Balaban J connectivity index is 3.56. The Bertz CT molecular complexity index is 1220. The average molecular weight is 872 g/mol. The molecule has 0 saturated carbocycles. The second-order valence-corrected chi connectivity index (χ2v) is 17.5. The van der Waals surface area contributed by atoms with Crippen molar-refractivity contribution in [1.29, 1.82) is 0 Å². The van der Waals surface area contributed by atoms with E-state index in [-0.39, 0.29) is 12.5 Å². The zero-order chi connectivity index (χ0) is 45.6. The van der Waals surface area contributed by atoms with Gasteiger partial charge in [-0.05, 0) is 96.3 Å². The summed E-state index contributed by atoms with van der Waals surface area (Å²) in [5.74, 6) is -0.0812. The van der Waals surface area contributed by atoms with Gasteiger partial charge in [0.1, 0.15) is 0 Å². The molecule has 63 heavy (non-hydrogen) atoms. The zero-order valence-electron chi connectivity index (χ0n) is 41.3. The maximum Gasteiger partial charge on any atom is 0.220 e. The first-order valence-corrected chi connectivity index (χ1v) is 26.6. The summed E-state index contributed by atoms with van der Waals surface area (Å²) in [6.07, 6.45) is 80.9. The van der Waals surface area contributed by atoms with E-state index < -0.39 is 12.1 Å². The minimum Gasteiger partial charge on any atom is -0.394 e. The molecular weight excluding hydrogens is 771 g/mol. The highest BCUT2D eigenvalue weighted by Crippen LogP contribution is 2.15. The van der Waals surface area contributed by atoms with Crippen molar-refractivity contribution in [3.63, 3.8) is 0 Å². The van der Waals surface area contributed by atoms with Gasteiger partial charge in [0.2, 0.25) is 5.91 Å². The lowest BCUT2D eigenvalue weighted by Crippen LogP contribution is -2.45. The number of amides is 1. The number of nitrogens with one attached hydrogen (secondary N) is 1. The van der Waals surface area contributed by atoms with Gasteiger partial charge < -0.3 is 15.5 Å². The van der Waals surface area contributed by atoms with E-state index >= 15 is 0 Å². The number of hydrogen-bond donors (Lipinski definition) is 3. The highest BCUT2D eigenvalue weighted by Gasteiger charge is 2.17. The minimum atomic E-state index is -0.875. The first-order valence-electron chi connectivity index (χ1n) is 26.6. The molecule has 0 spiro atoms. The highest BCUT2D eigenvalue weighted by molar-refractivity contribution is 5.76. The van der Waals surface area contributed by atoms with Crippen molar-refractivity contribution in [2.75, 3.05) is 6.61 Å². The van der Waals surface area contributed by atoms with Crippen LogP contribution in [0.1, 0.15) is 239 Å². The van der Waals surface area contributed by atoms with Gasteiger partial charge in [-0.2, -0.15) is 0 Å². The van der Waals surface area contributed by atoms with Gasteiger partial charge in [0, 0.05) is 6.42 Å². The van der Waals surface area contributed by atoms with Gasteiger partial charge >= 0.3 is 0 Å². The number of aliphatic hydroxyl groups excluding tert-OH is 2. The van der Waals surface area contributed by atoms with Crippen molar-refractivity contribution in [1.82, 2.24) is 5.32 Å². The molecule has 2 unspecified atom stereocenters. The van der Waals surface area contributed by atoms with E-state index in [0.717, 1.165) is 77.0 Å². The van der Waals surface area contributed by atoms with Gasteiger partial charge in [0.25, 0.3) is 0 Å². The van der Waals surface area contributed by atoms with Crippen LogP contribution >= 0.6 is 0 Å². The summed E-state index contributed by atoms with van der Waals surface area (Å²) in [5.41, 5.74) is 0. The SMILES string of the molecule is CC/C=C\C/C=C\C/C=C\C/C=C\C/C=C\C/C=C\CCCCCCCCCCCCCCCCCCC(=O)NC(CO)C(O)/C=C/CC/C=C/CC/C=C/CCCCCCCC. The van der Waals surface area contributed by atoms with Gasteiger partial charge in [0.15, 0.2) is 0 Å². The second kappa shape index (κ2) is 53.4. The molecule has 0 aliphatic heterocycles. The van der Waals surface area contributed by atoms with Crippen molar-refractivity contribution in [2.24, 2.45) is 0 Å². The van der Waals surface area contributed by atoms with Crippen molar-refractivity contribution in [3.05, 3.63) is 109 Å². The Labute approximate surface area is 391 Å². The van der Waals surface area contributed by atoms with Gasteiger partial charge in [0.05, 0.1) is 18.8 Å². The molecule has 4 heteroatoms. The third kappa shape index (κ3) is 49.9. The van der Waals surface area contributed by atoms with Crippen LogP contribution in [0.15, 0.2) is 109 Å². The summed E-state index contributed by atoms with van der Waals surface area (Å²) in [6, 6.07) is -0.650. The molecule has 0 aromatic carbocycles. The highest BCUT2D eigenvalue weighted by atomic mass is 16.3. The van der Waals surface area contributed by atoms with E-state index in [1.165, 1.54) is 141 Å². The smallest absolute Gasteiger partial charge is 0.220 e. The predicted molar refractivity (Wildman–Crippen MR) is 280 cm³/mol. The quantitative estimate of drug-likeness (QED) is 0.0421. The lowest BCUT2D eigenvalue weighted by Gasteiger charge is -2.19. The average Bonchev–Trinajstić information content (AvgIpc) is 3.29. The molecule has 4 nitrogen and oxygen atoms in total. The summed E-state index contributed by atoms with van der Waals surface area (Å²) in [5, 5.41) is 23.1. The first-order chi connectivity index (χ1) is 31.2. The number of aliphatic hydroxyl groups is 2. The Morgan fingerprint density at radius 3 is 1.11 bits per heavy atom. The monoisotopic (exact) mass is 872 g/mol. The molecule has 2 atom stereocenters. The van der Waals surface area contributed by atoms with Crippen LogP contribution in [-0.4, -0.2) is 34.9 Å². The van der Waals surface area contributed by atoms with Crippen LogP contribution in [0.4, 0.5) is 0 Å². The van der Waals surface area contributed by atoms with E-state index in [1.54, 1.807) is 6.08 Å². The van der Waals surface area contributed by atoms with Crippen LogP contribution in [0.25, 0.3) is 0 Å². The summed E-state index contributed by atoms with van der Waals surface area (Å²) in [6.45, 7) is 4.16. The van der Waals surface area contributed by atoms with Crippen molar-refractivity contribution in [3.8, 4) is 0 Å². The summed E-state index contributed by atoms with van der Waals surface area (Å²) in [7, 11) is 0. The summed E-state index contributed by atoms with van der Waals surface area (Å²) < 4.78 is 0. The van der Waals surface area contributed by atoms with Crippen molar-refractivity contribution in [2.45, 2.75) is 251 Å². The van der Waals surface area contributed by atoms with Crippen molar-refractivity contribution >= 4 is 5.91 Å². The molecule has 0 saturated heterocycles. The van der Waals surface area contributed by atoms with E-state index in [0.29, 0.717) is 6.42 Å². The molecule has 0 aliphatic carbocycles. The van der Waals surface area contributed by atoms with Crippen LogP contribution in [0.2, 0.25) is 0 Å². The van der Waals surface area contributed by atoms with Crippen LogP contribution in [0, 0.1) is 0 Å². The molecule has 0 aromatic rings. The fraction of sp³-hybridized carbons (Fsp3) is 0.678. The lowest BCUT2D eigenvalue weighted by molar-refractivity contribution is -0.123. The molecule has 0 aliphatic rings. The number of carbonyl (C=O) groups excluding carboxylic acids is 1. The minimum absolute atomic E-state index is 0.0812. The molecule has 0 rings (SSSR count). The number of unbranched alkanes of at least 4 members (excludes halogenated alkanes) is 24. The lowest BCUT2D eigenvalue weighted by atomic mass is 10.0. The number of carbonyl (C=O) groups is 1. The maximum atomic E-state index is 12.4. The van der Waals surface area contributed by atoms with Gasteiger partial charge in [-0.1, -0.05) is 245 Å². The molecule has 0 radical (unpaired) electrons. The second-order valence-electron chi connectivity index (χ2n) is 17.5. The topological polar surface area (TPSA) is 69.6 Å². The van der Waals surface area contributed by atoms with Crippen LogP contribution in [0.5, 0.6) is 0 Å². The van der Waals surface area contributed by atoms with E-state index in [4.69, 9.17) is 0 Å². The normalized spacial score (nSPS) is 13.8. The van der Waals surface area contributed by atoms with E-state index in [1.807, 2.05) is 6.08 Å². The molecule has 0 bridgehead atoms. The molecule has 360 valence electrons. The molecule has 0 fully saturated rings. The molecule has 1 amide bonds. The Hall–Kier alpha value is -2.95. The molecule has 0 heterocycles. The van der Waals surface area contributed by atoms with Crippen LogP contribution in [-0.2, 0) is 4.79 Å². The molecule has 0 aromatic heterocycles. The largest absolute Gasteiger partial charge is 0.394 e. The first kappa shape index (κ1) is 60.1.